The monoisotopic (exact) mass is 255 g/mol. The van der Waals surface area contributed by atoms with Crippen LogP contribution in [0.1, 0.15) is 39.3 Å². The predicted molar refractivity (Wildman–Crippen MR) is 72.3 cm³/mol. The van der Waals surface area contributed by atoms with Crippen molar-refractivity contribution in [3.05, 3.63) is 11.1 Å². The van der Waals surface area contributed by atoms with Crippen molar-refractivity contribution in [1.29, 1.82) is 0 Å². The Morgan fingerprint density at radius 1 is 1.41 bits per heavy atom. The lowest BCUT2D eigenvalue weighted by molar-refractivity contribution is -0.114. The van der Waals surface area contributed by atoms with Crippen molar-refractivity contribution in [1.82, 2.24) is 9.88 Å². The molecule has 96 valence electrons. The second-order valence-corrected chi connectivity index (χ2v) is 4.96. The third-order valence-corrected chi connectivity index (χ3v) is 3.11. The third-order valence-electron chi connectivity index (χ3n) is 2.30. The summed E-state index contributed by atoms with van der Waals surface area (Å²) >= 11 is 1.49. The first-order valence-electron chi connectivity index (χ1n) is 6.10. The number of anilines is 1. The Labute approximate surface area is 107 Å². The van der Waals surface area contributed by atoms with Gasteiger partial charge in [0.15, 0.2) is 5.13 Å². The van der Waals surface area contributed by atoms with Gasteiger partial charge in [0.2, 0.25) is 5.91 Å². The molecule has 0 saturated carbocycles. The number of thiazole rings is 1. The van der Waals surface area contributed by atoms with E-state index in [-0.39, 0.29) is 5.91 Å². The number of nitrogens with one attached hydrogen (secondary N) is 1. The Bertz CT molecular complexity index is 345. The molecule has 5 heteroatoms. The number of rotatable bonds is 7. The number of aromatic nitrogens is 1. The van der Waals surface area contributed by atoms with Gasteiger partial charge in [-0.2, -0.15) is 0 Å². The molecule has 0 unspecified atom stereocenters. The van der Waals surface area contributed by atoms with Crippen molar-refractivity contribution < 1.29 is 4.79 Å². The predicted octanol–water partition coefficient (Wildman–Crippen LogP) is 2.72. The van der Waals surface area contributed by atoms with Gasteiger partial charge in [-0.05, 0) is 25.9 Å². The maximum atomic E-state index is 10.9. The summed E-state index contributed by atoms with van der Waals surface area (Å²) in [6, 6.07) is 0. The van der Waals surface area contributed by atoms with E-state index in [0.29, 0.717) is 5.13 Å². The van der Waals surface area contributed by atoms with Crippen molar-refractivity contribution in [3.63, 3.8) is 0 Å². The lowest BCUT2D eigenvalue weighted by atomic mass is 10.3. The molecule has 0 aliphatic carbocycles. The molecule has 0 radical (unpaired) electrons. The molecule has 1 aromatic heterocycles. The fraction of sp³-hybridized carbons (Fsp3) is 0.667. The molecular weight excluding hydrogens is 234 g/mol. The van der Waals surface area contributed by atoms with Crippen LogP contribution in [0.25, 0.3) is 0 Å². The number of hydrogen-bond donors (Lipinski definition) is 1. The van der Waals surface area contributed by atoms with Crippen molar-refractivity contribution in [3.8, 4) is 0 Å². The normalized spacial score (nSPS) is 10.8. The Kier molecular flexibility index (Phi) is 6.15. The van der Waals surface area contributed by atoms with Crippen molar-refractivity contribution in [2.24, 2.45) is 0 Å². The van der Waals surface area contributed by atoms with Gasteiger partial charge in [-0.25, -0.2) is 4.98 Å². The molecule has 0 spiro atoms. The summed E-state index contributed by atoms with van der Waals surface area (Å²) in [5, 5.41) is 5.42. The summed E-state index contributed by atoms with van der Waals surface area (Å²) in [5.41, 5.74) is 1.04. The van der Waals surface area contributed by atoms with E-state index in [9.17, 15) is 4.79 Å². The maximum absolute atomic E-state index is 10.9. The van der Waals surface area contributed by atoms with E-state index in [4.69, 9.17) is 0 Å². The molecule has 0 aliphatic rings. The van der Waals surface area contributed by atoms with Crippen molar-refractivity contribution in [2.75, 3.05) is 18.4 Å². The van der Waals surface area contributed by atoms with Crippen LogP contribution in [0, 0.1) is 0 Å². The quantitative estimate of drug-likeness (QED) is 0.815. The molecule has 0 aliphatic heterocycles. The highest BCUT2D eigenvalue weighted by atomic mass is 32.1. The van der Waals surface area contributed by atoms with E-state index in [2.05, 4.69) is 29.0 Å². The van der Waals surface area contributed by atoms with Crippen LogP contribution in [-0.2, 0) is 11.3 Å². The molecule has 0 fully saturated rings. The second-order valence-electron chi connectivity index (χ2n) is 4.10. The van der Waals surface area contributed by atoms with Crippen LogP contribution in [0.15, 0.2) is 5.38 Å². The molecule has 0 bridgehead atoms. The average molecular weight is 255 g/mol. The van der Waals surface area contributed by atoms with E-state index in [1.165, 1.54) is 18.3 Å². The first kappa shape index (κ1) is 14.1. The summed E-state index contributed by atoms with van der Waals surface area (Å²) in [6.07, 6.45) is 2.31. The van der Waals surface area contributed by atoms with Crippen LogP contribution in [0.3, 0.4) is 0 Å². The molecule has 17 heavy (non-hydrogen) atoms. The average Bonchev–Trinajstić information content (AvgIpc) is 2.65. The largest absolute Gasteiger partial charge is 0.302 e. The van der Waals surface area contributed by atoms with E-state index in [0.717, 1.165) is 38.2 Å². The van der Waals surface area contributed by atoms with Gasteiger partial charge in [-0.3, -0.25) is 9.69 Å². The third kappa shape index (κ3) is 5.28. The van der Waals surface area contributed by atoms with Crippen LogP contribution in [0.2, 0.25) is 0 Å². The highest BCUT2D eigenvalue weighted by Crippen LogP contribution is 2.16. The van der Waals surface area contributed by atoms with Crippen LogP contribution >= 0.6 is 11.3 Å². The van der Waals surface area contributed by atoms with Gasteiger partial charge in [-0.1, -0.05) is 13.8 Å². The van der Waals surface area contributed by atoms with Crippen LogP contribution in [-0.4, -0.2) is 28.9 Å². The van der Waals surface area contributed by atoms with E-state index in [1.807, 2.05) is 5.38 Å². The molecule has 1 amide bonds. The summed E-state index contributed by atoms with van der Waals surface area (Å²) < 4.78 is 0. The molecule has 0 saturated heterocycles. The molecule has 1 aromatic rings. The minimum absolute atomic E-state index is 0.0649. The van der Waals surface area contributed by atoms with Crippen molar-refractivity contribution in [2.45, 2.75) is 40.2 Å². The number of carbonyl (C=O) groups is 1. The van der Waals surface area contributed by atoms with Crippen LogP contribution < -0.4 is 5.32 Å². The number of hydrogen-bond acceptors (Lipinski definition) is 4. The van der Waals surface area contributed by atoms with Crippen LogP contribution in [0.4, 0.5) is 5.13 Å². The minimum Gasteiger partial charge on any atom is -0.302 e. The zero-order valence-corrected chi connectivity index (χ0v) is 11.6. The van der Waals surface area contributed by atoms with E-state index in [1.54, 1.807) is 0 Å². The van der Waals surface area contributed by atoms with Gasteiger partial charge in [0, 0.05) is 18.8 Å². The second kappa shape index (κ2) is 7.40. The zero-order chi connectivity index (χ0) is 12.7. The number of nitrogens with zero attached hydrogens (tertiary/aromatic N) is 2. The number of amides is 1. The van der Waals surface area contributed by atoms with E-state index < -0.39 is 0 Å². The first-order chi connectivity index (χ1) is 8.15. The summed E-state index contributed by atoms with van der Waals surface area (Å²) in [7, 11) is 0. The standard InChI is InChI=1S/C12H21N3OS/c1-4-6-15(7-5-2)8-11-9-17-12(14-11)13-10(3)16/h9H,4-8H2,1-3H3,(H,13,14,16). The Hall–Kier alpha value is -0.940. The van der Waals surface area contributed by atoms with Gasteiger partial charge in [0.1, 0.15) is 0 Å². The SMILES string of the molecule is CCCN(CCC)Cc1csc(NC(C)=O)n1. The Morgan fingerprint density at radius 3 is 2.59 bits per heavy atom. The molecule has 1 rings (SSSR count). The molecule has 0 atom stereocenters. The fourth-order valence-electron chi connectivity index (χ4n) is 1.72. The molecular formula is C12H21N3OS. The number of carbonyl (C=O) groups excluding carboxylic acids is 1. The van der Waals surface area contributed by atoms with E-state index >= 15 is 0 Å². The van der Waals surface area contributed by atoms with Crippen molar-refractivity contribution >= 4 is 22.4 Å². The first-order valence-corrected chi connectivity index (χ1v) is 6.98. The summed E-state index contributed by atoms with van der Waals surface area (Å²) in [5.74, 6) is -0.0649. The minimum atomic E-state index is -0.0649. The summed E-state index contributed by atoms with van der Waals surface area (Å²) in [6.45, 7) is 8.94. The highest BCUT2D eigenvalue weighted by molar-refractivity contribution is 7.13. The Balaban J connectivity index is 2.53. The maximum Gasteiger partial charge on any atom is 0.223 e. The molecule has 1 N–H and O–H groups in total. The van der Waals surface area contributed by atoms with Gasteiger partial charge >= 0.3 is 0 Å². The van der Waals surface area contributed by atoms with Gasteiger partial charge in [0.25, 0.3) is 0 Å². The smallest absolute Gasteiger partial charge is 0.223 e. The topological polar surface area (TPSA) is 45.2 Å². The van der Waals surface area contributed by atoms with Gasteiger partial charge in [0.05, 0.1) is 5.69 Å². The van der Waals surface area contributed by atoms with Gasteiger partial charge in [-0.15, -0.1) is 11.3 Å². The lowest BCUT2D eigenvalue weighted by Gasteiger charge is -2.19. The fourth-order valence-corrected chi connectivity index (χ4v) is 2.47. The molecule has 4 nitrogen and oxygen atoms in total. The highest BCUT2D eigenvalue weighted by Gasteiger charge is 2.08. The lowest BCUT2D eigenvalue weighted by Crippen LogP contribution is -2.25. The zero-order valence-electron chi connectivity index (χ0n) is 10.8. The molecule has 0 aromatic carbocycles. The van der Waals surface area contributed by atoms with Gasteiger partial charge < -0.3 is 5.32 Å². The molecule has 1 heterocycles. The Morgan fingerprint density at radius 2 is 2.06 bits per heavy atom. The summed E-state index contributed by atoms with van der Waals surface area (Å²) in [4.78, 5) is 17.7. The van der Waals surface area contributed by atoms with Crippen LogP contribution in [0.5, 0.6) is 0 Å².